The molecule has 102 valence electrons. The molecule has 1 heterocycles. The van der Waals surface area contributed by atoms with Gasteiger partial charge in [-0.15, -0.1) is 0 Å². The molecule has 1 aromatic rings. The Labute approximate surface area is 113 Å². The van der Waals surface area contributed by atoms with Crippen LogP contribution in [0.1, 0.15) is 30.9 Å². The third-order valence-electron chi connectivity index (χ3n) is 3.08. The van der Waals surface area contributed by atoms with Crippen LogP contribution in [0.5, 0.6) is 0 Å². The molecule has 0 radical (unpaired) electrons. The lowest BCUT2D eigenvalue weighted by molar-refractivity contribution is -0.122. The molecule has 2 N–H and O–H groups in total. The molecule has 0 aromatic heterocycles. The monoisotopic (exact) mass is 261 g/mol. The zero-order chi connectivity index (χ0) is 13.5. The smallest absolute Gasteiger partial charge is 0.286 e. The fourth-order valence-corrected chi connectivity index (χ4v) is 2.08. The molecule has 1 atom stereocenters. The van der Waals surface area contributed by atoms with E-state index in [0.29, 0.717) is 18.8 Å². The van der Waals surface area contributed by atoms with Crippen molar-refractivity contribution < 1.29 is 14.6 Å². The summed E-state index contributed by atoms with van der Waals surface area (Å²) in [6.07, 6.45) is 4.14. The van der Waals surface area contributed by atoms with E-state index in [1.54, 1.807) is 0 Å². The molecular weight excluding hydrogens is 242 g/mol. The first-order chi connectivity index (χ1) is 9.31. The number of rotatable bonds is 5. The van der Waals surface area contributed by atoms with Gasteiger partial charge in [0.25, 0.3) is 5.91 Å². The topological polar surface area (TPSA) is 58.6 Å². The first-order valence-corrected chi connectivity index (χ1v) is 6.61. The number of carbonyl (C=O) groups is 1. The van der Waals surface area contributed by atoms with Gasteiger partial charge in [-0.1, -0.05) is 30.3 Å². The Morgan fingerprint density at radius 2 is 2.16 bits per heavy atom. The minimum absolute atomic E-state index is 0.0275. The molecule has 0 saturated heterocycles. The Bertz CT molecular complexity index is 442. The van der Waals surface area contributed by atoms with Gasteiger partial charge >= 0.3 is 0 Å². The molecule has 1 aliphatic rings. The van der Waals surface area contributed by atoms with Crippen LogP contribution in [0.15, 0.2) is 42.2 Å². The zero-order valence-electron chi connectivity index (χ0n) is 10.8. The van der Waals surface area contributed by atoms with Crippen LogP contribution in [-0.2, 0) is 9.53 Å². The van der Waals surface area contributed by atoms with E-state index >= 15 is 0 Å². The van der Waals surface area contributed by atoms with Crippen molar-refractivity contribution in [3.05, 3.63) is 47.7 Å². The maximum Gasteiger partial charge on any atom is 0.286 e. The van der Waals surface area contributed by atoms with Crippen LogP contribution in [0, 0.1) is 0 Å². The van der Waals surface area contributed by atoms with Gasteiger partial charge in [0.2, 0.25) is 0 Å². The number of allylic oxidation sites excluding steroid dienone is 1. The van der Waals surface area contributed by atoms with Gasteiger partial charge in [-0.25, -0.2) is 0 Å². The average Bonchev–Trinajstić information content (AvgIpc) is 2.48. The quantitative estimate of drug-likeness (QED) is 0.851. The van der Waals surface area contributed by atoms with E-state index in [-0.39, 0.29) is 18.6 Å². The van der Waals surface area contributed by atoms with Crippen LogP contribution in [0.3, 0.4) is 0 Å². The molecule has 0 fully saturated rings. The van der Waals surface area contributed by atoms with Crippen molar-refractivity contribution in [1.82, 2.24) is 5.32 Å². The zero-order valence-corrected chi connectivity index (χ0v) is 10.8. The van der Waals surface area contributed by atoms with Crippen molar-refractivity contribution in [1.29, 1.82) is 0 Å². The summed E-state index contributed by atoms with van der Waals surface area (Å²) in [4.78, 5) is 12.1. The van der Waals surface area contributed by atoms with Crippen molar-refractivity contribution in [3.63, 3.8) is 0 Å². The number of carbonyl (C=O) groups excluding carboxylic acids is 1. The predicted octanol–water partition coefficient (Wildman–Crippen LogP) is 1.92. The van der Waals surface area contributed by atoms with Crippen LogP contribution in [0.2, 0.25) is 0 Å². The van der Waals surface area contributed by atoms with Gasteiger partial charge in [0.1, 0.15) is 0 Å². The number of benzene rings is 1. The molecule has 4 heteroatoms. The third-order valence-corrected chi connectivity index (χ3v) is 3.08. The number of hydrogen-bond donors (Lipinski definition) is 2. The minimum Gasteiger partial charge on any atom is -0.488 e. The van der Waals surface area contributed by atoms with Crippen LogP contribution in [0.25, 0.3) is 0 Å². The second-order valence-electron chi connectivity index (χ2n) is 4.51. The van der Waals surface area contributed by atoms with Crippen molar-refractivity contribution in [2.45, 2.75) is 25.3 Å². The number of aliphatic hydroxyl groups is 1. The largest absolute Gasteiger partial charge is 0.488 e. The van der Waals surface area contributed by atoms with Crippen molar-refractivity contribution in [2.75, 3.05) is 13.2 Å². The highest BCUT2D eigenvalue weighted by Gasteiger charge is 2.19. The Morgan fingerprint density at radius 3 is 2.79 bits per heavy atom. The summed E-state index contributed by atoms with van der Waals surface area (Å²) in [7, 11) is 0. The first-order valence-electron chi connectivity index (χ1n) is 6.61. The highest BCUT2D eigenvalue weighted by Crippen LogP contribution is 2.18. The molecule has 1 amide bonds. The lowest BCUT2D eigenvalue weighted by Gasteiger charge is -2.20. The number of hydrogen-bond acceptors (Lipinski definition) is 3. The van der Waals surface area contributed by atoms with Gasteiger partial charge in [0, 0.05) is 6.61 Å². The molecule has 0 saturated carbocycles. The number of aliphatic hydroxyl groups excluding tert-OH is 1. The van der Waals surface area contributed by atoms with E-state index in [1.807, 2.05) is 36.4 Å². The second kappa shape index (κ2) is 6.95. The van der Waals surface area contributed by atoms with Crippen LogP contribution in [0.4, 0.5) is 0 Å². The molecule has 4 nitrogen and oxygen atoms in total. The fourth-order valence-electron chi connectivity index (χ4n) is 2.08. The number of ether oxygens (including phenoxy) is 1. The summed E-state index contributed by atoms with van der Waals surface area (Å²) in [5.74, 6) is 0.187. The van der Waals surface area contributed by atoms with E-state index in [0.717, 1.165) is 18.4 Å². The molecule has 0 aliphatic carbocycles. The van der Waals surface area contributed by atoms with E-state index < -0.39 is 0 Å². The lowest BCUT2D eigenvalue weighted by Crippen LogP contribution is -2.31. The second-order valence-corrected chi connectivity index (χ2v) is 4.51. The highest BCUT2D eigenvalue weighted by molar-refractivity contribution is 5.91. The normalized spacial score (nSPS) is 16.2. The maximum absolute atomic E-state index is 12.1. The highest BCUT2D eigenvalue weighted by atomic mass is 16.5. The fraction of sp³-hybridized carbons (Fsp3) is 0.400. The predicted molar refractivity (Wildman–Crippen MR) is 72.3 cm³/mol. The standard InChI is InChI=1S/C15H19NO3/c17-10-9-13(12-6-2-1-3-7-12)16-15(18)14-8-4-5-11-19-14/h1-3,6-8,13,17H,4-5,9-11H2,(H,16,18). The van der Waals surface area contributed by atoms with E-state index in [2.05, 4.69) is 5.32 Å². The first kappa shape index (κ1) is 13.6. The van der Waals surface area contributed by atoms with Crippen LogP contribution in [-0.4, -0.2) is 24.2 Å². The molecule has 1 unspecified atom stereocenters. The van der Waals surface area contributed by atoms with Crippen molar-refractivity contribution in [3.8, 4) is 0 Å². The molecule has 1 aromatic carbocycles. The molecule has 1 aliphatic heterocycles. The van der Waals surface area contributed by atoms with E-state index in [1.165, 1.54) is 0 Å². The van der Waals surface area contributed by atoms with Gasteiger partial charge in [-0.05, 0) is 30.9 Å². The van der Waals surface area contributed by atoms with Gasteiger partial charge in [0.15, 0.2) is 5.76 Å². The summed E-state index contributed by atoms with van der Waals surface area (Å²) in [6.45, 7) is 0.620. The van der Waals surface area contributed by atoms with Crippen molar-refractivity contribution in [2.24, 2.45) is 0 Å². The summed E-state index contributed by atoms with van der Waals surface area (Å²) >= 11 is 0. The third kappa shape index (κ3) is 3.83. The Balaban J connectivity index is 2.04. The van der Waals surface area contributed by atoms with Crippen LogP contribution < -0.4 is 5.32 Å². The SMILES string of the molecule is O=C(NC(CCO)c1ccccc1)C1=CCCCO1. The Hall–Kier alpha value is -1.81. The molecule has 0 bridgehead atoms. The van der Waals surface area contributed by atoms with Crippen LogP contribution >= 0.6 is 0 Å². The summed E-state index contributed by atoms with van der Waals surface area (Å²) in [6, 6.07) is 9.46. The lowest BCUT2D eigenvalue weighted by atomic mass is 10.0. The Morgan fingerprint density at radius 1 is 1.37 bits per heavy atom. The van der Waals surface area contributed by atoms with Gasteiger partial charge < -0.3 is 15.2 Å². The summed E-state index contributed by atoms with van der Waals surface area (Å²) in [5.41, 5.74) is 0.987. The summed E-state index contributed by atoms with van der Waals surface area (Å²) < 4.78 is 5.34. The summed E-state index contributed by atoms with van der Waals surface area (Å²) in [5, 5.41) is 12.0. The van der Waals surface area contributed by atoms with Gasteiger partial charge in [0.05, 0.1) is 12.6 Å². The van der Waals surface area contributed by atoms with E-state index in [4.69, 9.17) is 9.84 Å². The molecule has 19 heavy (non-hydrogen) atoms. The molecule has 0 spiro atoms. The molecule has 2 rings (SSSR count). The van der Waals surface area contributed by atoms with Gasteiger partial charge in [-0.2, -0.15) is 0 Å². The minimum atomic E-state index is -0.206. The Kier molecular flexibility index (Phi) is 4.98. The van der Waals surface area contributed by atoms with Crippen molar-refractivity contribution >= 4 is 5.91 Å². The number of nitrogens with one attached hydrogen (secondary N) is 1. The maximum atomic E-state index is 12.1. The average molecular weight is 261 g/mol. The number of amides is 1. The van der Waals surface area contributed by atoms with Gasteiger partial charge in [-0.3, -0.25) is 4.79 Å². The van der Waals surface area contributed by atoms with E-state index in [9.17, 15) is 4.79 Å². The molecular formula is C15H19NO3.